The highest BCUT2D eigenvalue weighted by Gasteiger charge is 2.26. The summed E-state index contributed by atoms with van der Waals surface area (Å²) in [6.07, 6.45) is 0.741. The molecular weight excluding hydrogens is 375 g/mol. The normalized spacial score (nSPS) is 14.2. The van der Waals surface area contributed by atoms with Crippen LogP contribution in [0.15, 0.2) is 36.4 Å². The Bertz CT molecular complexity index is 1060. The van der Waals surface area contributed by atoms with Gasteiger partial charge in [0.1, 0.15) is 0 Å². The van der Waals surface area contributed by atoms with Crippen molar-refractivity contribution in [3.63, 3.8) is 0 Å². The van der Waals surface area contributed by atoms with Gasteiger partial charge in [-0.25, -0.2) is 9.18 Å². The number of halogens is 1. The standard InChI is InChI=1S/C22H23FN2O4/c1-29-22(28)15-4-2-14(3-5-15)12-25-18-8-9-24(10-11-26)13-16(18)20-19(25)7-6-17(23)21(20)27/h2-7,26-27H,8-13H2,1H3. The number of benzene rings is 2. The minimum absolute atomic E-state index is 0.0564. The summed E-state index contributed by atoms with van der Waals surface area (Å²) in [5, 5.41) is 20.2. The first-order valence-corrected chi connectivity index (χ1v) is 9.55. The number of phenolic OH excluding ortho intramolecular Hbond substituents is 1. The van der Waals surface area contributed by atoms with Crippen LogP contribution in [0.4, 0.5) is 4.39 Å². The van der Waals surface area contributed by atoms with Gasteiger partial charge in [0, 0.05) is 43.7 Å². The summed E-state index contributed by atoms with van der Waals surface area (Å²) in [5.41, 5.74) is 4.21. The maximum atomic E-state index is 14.1. The number of β-amino-alcohol motifs (C(OH)–C–C–N with tert-alkyl or cyclic N) is 1. The van der Waals surface area contributed by atoms with Crippen LogP contribution in [-0.2, 0) is 24.2 Å². The highest BCUT2D eigenvalue weighted by Crippen LogP contribution is 2.38. The third-order valence-corrected chi connectivity index (χ3v) is 5.55. The second-order valence-corrected chi connectivity index (χ2v) is 7.24. The summed E-state index contributed by atoms with van der Waals surface area (Å²) in [7, 11) is 1.35. The van der Waals surface area contributed by atoms with Gasteiger partial charge in [0.15, 0.2) is 11.6 Å². The predicted molar refractivity (Wildman–Crippen MR) is 107 cm³/mol. The van der Waals surface area contributed by atoms with E-state index < -0.39 is 5.82 Å². The average Bonchev–Trinajstić information content (AvgIpc) is 3.04. The van der Waals surface area contributed by atoms with E-state index in [0.717, 1.165) is 35.3 Å². The van der Waals surface area contributed by atoms with Crippen molar-refractivity contribution in [1.29, 1.82) is 0 Å². The van der Waals surface area contributed by atoms with Gasteiger partial charge < -0.3 is 19.5 Å². The van der Waals surface area contributed by atoms with Crippen molar-refractivity contribution in [1.82, 2.24) is 9.47 Å². The molecule has 0 saturated carbocycles. The van der Waals surface area contributed by atoms with Gasteiger partial charge in [0.25, 0.3) is 0 Å². The molecule has 2 N–H and O–H groups in total. The van der Waals surface area contributed by atoms with Gasteiger partial charge in [-0.05, 0) is 35.4 Å². The van der Waals surface area contributed by atoms with Gasteiger partial charge in [0.2, 0.25) is 0 Å². The molecule has 29 heavy (non-hydrogen) atoms. The molecule has 2 heterocycles. The second kappa shape index (κ2) is 7.85. The predicted octanol–water partition coefficient (Wildman–Crippen LogP) is 2.67. The number of ether oxygens (including phenoxy) is 1. The van der Waals surface area contributed by atoms with Crippen molar-refractivity contribution in [3.8, 4) is 5.75 Å². The lowest BCUT2D eigenvalue weighted by molar-refractivity contribution is 0.0600. The molecule has 1 aliphatic rings. The lowest BCUT2D eigenvalue weighted by Gasteiger charge is -2.27. The summed E-state index contributed by atoms with van der Waals surface area (Å²) in [5.74, 6) is -1.35. The lowest BCUT2D eigenvalue weighted by Crippen LogP contribution is -2.33. The first-order chi connectivity index (χ1) is 14.0. The van der Waals surface area contributed by atoms with Crippen molar-refractivity contribution in [2.45, 2.75) is 19.5 Å². The molecule has 7 heteroatoms. The van der Waals surface area contributed by atoms with Crippen LogP contribution in [0, 0.1) is 5.82 Å². The number of esters is 1. The van der Waals surface area contributed by atoms with Crippen LogP contribution in [-0.4, -0.2) is 52.5 Å². The number of fused-ring (bicyclic) bond motifs is 3. The Morgan fingerprint density at radius 1 is 1.21 bits per heavy atom. The van der Waals surface area contributed by atoms with E-state index in [9.17, 15) is 19.4 Å². The molecule has 0 radical (unpaired) electrons. The zero-order valence-corrected chi connectivity index (χ0v) is 16.2. The number of rotatable bonds is 5. The molecule has 0 atom stereocenters. The van der Waals surface area contributed by atoms with Crippen LogP contribution >= 0.6 is 0 Å². The highest BCUT2D eigenvalue weighted by atomic mass is 19.1. The van der Waals surface area contributed by atoms with Gasteiger partial charge in [-0.3, -0.25) is 4.90 Å². The Hall–Kier alpha value is -2.90. The Kier molecular flexibility index (Phi) is 5.25. The number of aromatic nitrogens is 1. The van der Waals surface area contributed by atoms with Crippen molar-refractivity contribution < 1.29 is 24.1 Å². The molecule has 0 bridgehead atoms. The molecule has 2 aromatic carbocycles. The van der Waals surface area contributed by atoms with E-state index in [2.05, 4.69) is 9.47 Å². The number of carbonyl (C=O) groups is 1. The van der Waals surface area contributed by atoms with E-state index in [0.29, 0.717) is 30.6 Å². The quantitative estimate of drug-likeness (QED) is 0.647. The third-order valence-electron chi connectivity index (χ3n) is 5.55. The van der Waals surface area contributed by atoms with Gasteiger partial charge >= 0.3 is 5.97 Å². The summed E-state index contributed by atoms with van der Waals surface area (Å²) in [6, 6.07) is 10.2. The third kappa shape index (κ3) is 3.47. The Morgan fingerprint density at radius 2 is 1.97 bits per heavy atom. The molecule has 0 spiro atoms. The second-order valence-electron chi connectivity index (χ2n) is 7.24. The van der Waals surface area contributed by atoms with Gasteiger partial charge in [0.05, 0.1) is 24.8 Å². The maximum Gasteiger partial charge on any atom is 0.337 e. The number of aliphatic hydroxyl groups is 1. The molecule has 1 aromatic heterocycles. The first kappa shape index (κ1) is 19.4. The van der Waals surface area contributed by atoms with Gasteiger partial charge in [-0.2, -0.15) is 0 Å². The summed E-state index contributed by atoms with van der Waals surface area (Å²) in [4.78, 5) is 13.7. The van der Waals surface area contributed by atoms with Crippen molar-refractivity contribution in [3.05, 3.63) is 64.6 Å². The fraction of sp³-hybridized carbons (Fsp3) is 0.318. The van der Waals surface area contributed by atoms with E-state index in [1.165, 1.54) is 13.2 Å². The van der Waals surface area contributed by atoms with Crippen LogP contribution in [0.1, 0.15) is 27.2 Å². The number of carbonyl (C=O) groups excluding carboxylic acids is 1. The first-order valence-electron chi connectivity index (χ1n) is 9.55. The molecule has 3 aromatic rings. The summed E-state index contributed by atoms with van der Waals surface area (Å²) in [6.45, 7) is 2.47. The number of hydrogen-bond donors (Lipinski definition) is 2. The average molecular weight is 398 g/mol. The Balaban J connectivity index is 1.77. The summed E-state index contributed by atoms with van der Waals surface area (Å²) < 4.78 is 20.9. The number of methoxy groups -OCH3 is 1. The van der Waals surface area contributed by atoms with Crippen molar-refractivity contribution in [2.24, 2.45) is 0 Å². The van der Waals surface area contributed by atoms with Crippen LogP contribution in [0.5, 0.6) is 5.75 Å². The molecule has 0 fully saturated rings. The van der Waals surface area contributed by atoms with Crippen molar-refractivity contribution >= 4 is 16.9 Å². The number of aromatic hydroxyl groups is 1. The summed E-state index contributed by atoms with van der Waals surface area (Å²) >= 11 is 0. The van der Waals surface area contributed by atoms with Crippen LogP contribution < -0.4 is 0 Å². The largest absolute Gasteiger partial charge is 0.504 e. The minimum atomic E-state index is -0.640. The number of aliphatic hydroxyl groups excluding tert-OH is 1. The molecule has 0 saturated heterocycles. The van der Waals surface area contributed by atoms with Crippen molar-refractivity contribution in [2.75, 3.05) is 26.8 Å². The SMILES string of the molecule is COC(=O)c1ccc(Cn2c3c(c4c(O)c(F)ccc42)CN(CCO)CC3)cc1. The zero-order chi connectivity index (χ0) is 20.5. The molecule has 0 aliphatic carbocycles. The van der Waals surface area contributed by atoms with E-state index >= 15 is 0 Å². The highest BCUT2D eigenvalue weighted by molar-refractivity contribution is 5.92. The number of hydrogen-bond acceptors (Lipinski definition) is 5. The number of nitrogens with zero attached hydrogens (tertiary/aromatic N) is 2. The monoisotopic (exact) mass is 398 g/mol. The zero-order valence-electron chi connectivity index (χ0n) is 16.2. The number of phenols is 1. The molecule has 6 nitrogen and oxygen atoms in total. The Labute approximate surface area is 167 Å². The minimum Gasteiger partial charge on any atom is -0.504 e. The smallest absolute Gasteiger partial charge is 0.337 e. The molecule has 1 aliphatic heterocycles. The Morgan fingerprint density at radius 3 is 2.66 bits per heavy atom. The van der Waals surface area contributed by atoms with Crippen LogP contribution in [0.25, 0.3) is 10.9 Å². The maximum absolute atomic E-state index is 14.1. The van der Waals surface area contributed by atoms with E-state index in [1.54, 1.807) is 18.2 Å². The van der Waals surface area contributed by atoms with E-state index in [4.69, 9.17) is 4.74 Å². The van der Waals surface area contributed by atoms with Crippen LogP contribution in [0.2, 0.25) is 0 Å². The topological polar surface area (TPSA) is 74.9 Å². The van der Waals surface area contributed by atoms with Gasteiger partial charge in [-0.15, -0.1) is 0 Å². The molecule has 152 valence electrons. The molecule has 0 amide bonds. The van der Waals surface area contributed by atoms with E-state index in [1.807, 2.05) is 12.1 Å². The molecule has 0 unspecified atom stereocenters. The van der Waals surface area contributed by atoms with Gasteiger partial charge in [-0.1, -0.05) is 12.1 Å². The molecule has 4 rings (SSSR count). The fourth-order valence-electron chi connectivity index (χ4n) is 4.11. The fourth-order valence-corrected chi connectivity index (χ4v) is 4.11. The molecular formula is C22H23FN2O4. The lowest BCUT2D eigenvalue weighted by atomic mass is 10.0. The van der Waals surface area contributed by atoms with Crippen LogP contribution in [0.3, 0.4) is 0 Å². The van der Waals surface area contributed by atoms with E-state index in [-0.39, 0.29) is 18.3 Å².